The smallest absolute Gasteiger partial charge is 0.252 e. The molecule has 1 fully saturated rings. The summed E-state index contributed by atoms with van der Waals surface area (Å²) >= 11 is 0. The second-order valence-corrected chi connectivity index (χ2v) is 4.68. The molecule has 1 aromatic heterocycles. The fourth-order valence-electron chi connectivity index (χ4n) is 2.56. The summed E-state index contributed by atoms with van der Waals surface area (Å²) in [5.41, 5.74) is 2.12. The number of hydrogen-bond acceptors (Lipinski definition) is 3. The third-order valence-electron chi connectivity index (χ3n) is 3.59. The van der Waals surface area contributed by atoms with Crippen LogP contribution in [-0.2, 0) is 7.05 Å². The van der Waals surface area contributed by atoms with Crippen LogP contribution in [0, 0.1) is 0 Å². The van der Waals surface area contributed by atoms with Crippen molar-refractivity contribution < 1.29 is 0 Å². The van der Waals surface area contributed by atoms with Gasteiger partial charge in [0.2, 0.25) is 0 Å². The van der Waals surface area contributed by atoms with Gasteiger partial charge >= 0.3 is 0 Å². The van der Waals surface area contributed by atoms with Crippen LogP contribution in [0.25, 0.3) is 10.9 Å². The zero-order valence-corrected chi connectivity index (χ0v) is 11.7. The Hall–Kier alpha value is -1.52. The van der Waals surface area contributed by atoms with Crippen LogP contribution in [0.15, 0.2) is 35.1 Å². The van der Waals surface area contributed by atoms with Crippen LogP contribution in [0.4, 0.5) is 5.69 Å². The highest BCUT2D eigenvalue weighted by Gasteiger charge is 2.15. The lowest BCUT2D eigenvalue weighted by Crippen LogP contribution is -2.44. The molecule has 0 aliphatic carbocycles. The molecule has 0 spiro atoms. The molecule has 2 heterocycles. The summed E-state index contributed by atoms with van der Waals surface area (Å²) in [6.45, 7) is 3.86. The van der Waals surface area contributed by atoms with Crippen molar-refractivity contribution in [2.45, 2.75) is 0 Å². The molecule has 1 saturated heterocycles. The number of halogens is 1. The average Bonchev–Trinajstić information content (AvgIpc) is 2.44. The maximum absolute atomic E-state index is 12.0. The molecule has 0 radical (unpaired) electrons. The zero-order chi connectivity index (χ0) is 12.5. The lowest BCUT2D eigenvalue weighted by molar-refractivity contribution is 0.590. The predicted octanol–water partition coefficient (Wildman–Crippen LogP) is 1.37. The summed E-state index contributed by atoms with van der Waals surface area (Å²) in [6, 6.07) is 9.85. The molecule has 0 unspecified atom stereocenters. The van der Waals surface area contributed by atoms with E-state index in [1.165, 1.54) is 0 Å². The van der Waals surface area contributed by atoms with Crippen LogP contribution in [-0.4, -0.2) is 30.7 Å². The fraction of sp³-hybridized carbons (Fsp3) is 0.357. The summed E-state index contributed by atoms with van der Waals surface area (Å²) < 4.78 is 1.71. The van der Waals surface area contributed by atoms with Gasteiger partial charge in [-0.1, -0.05) is 18.2 Å². The molecule has 3 rings (SSSR count). The van der Waals surface area contributed by atoms with Crippen molar-refractivity contribution in [3.63, 3.8) is 0 Å². The molecule has 0 atom stereocenters. The molecule has 0 bridgehead atoms. The SMILES string of the molecule is Cl.Cn1c(=O)cc(N2CCNCC2)c2ccccc21. The second kappa shape index (κ2) is 5.63. The third-order valence-corrected chi connectivity index (χ3v) is 3.59. The number of piperazine rings is 1. The summed E-state index contributed by atoms with van der Waals surface area (Å²) in [7, 11) is 1.83. The average molecular weight is 280 g/mol. The van der Waals surface area contributed by atoms with Crippen molar-refractivity contribution in [2.24, 2.45) is 7.05 Å². The molecule has 4 nitrogen and oxygen atoms in total. The molecule has 1 aliphatic rings. The van der Waals surface area contributed by atoms with Crippen LogP contribution >= 0.6 is 12.4 Å². The number of nitrogens with one attached hydrogen (secondary N) is 1. The first-order chi connectivity index (χ1) is 8.77. The number of fused-ring (bicyclic) bond motifs is 1. The predicted molar refractivity (Wildman–Crippen MR) is 81.5 cm³/mol. The third kappa shape index (κ3) is 2.46. The minimum atomic E-state index is 0. The molecule has 0 saturated carbocycles. The number of pyridine rings is 1. The van der Waals surface area contributed by atoms with Crippen molar-refractivity contribution in [3.8, 4) is 0 Å². The van der Waals surface area contributed by atoms with E-state index in [2.05, 4.69) is 16.3 Å². The van der Waals surface area contributed by atoms with Crippen LogP contribution in [0.3, 0.4) is 0 Å². The van der Waals surface area contributed by atoms with Gasteiger partial charge in [0.25, 0.3) is 5.56 Å². The Balaban J connectivity index is 0.00000133. The van der Waals surface area contributed by atoms with Crippen molar-refractivity contribution in [1.82, 2.24) is 9.88 Å². The fourth-order valence-corrected chi connectivity index (χ4v) is 2.56. The first-order valence-electron chi connectivity index (χ1n) is 6.32. The van der Waals surface area contributed by atoms with Crippen molar-refractivity contribution in [2.75, 3.05) is 31.1 Å². The number of aryl methyl sites for hydroxylation is 1. The van der Waals surface area contributed by atoms with E-state index in [4.69, 9.17) is 0 Å². The molecule has 102 valence electrons. The van der Waals surface area contributed by atoms with Crippen molar-refractivity contribution in [3.05, 3.63) is 40.7 Å². The number of aromatic nitrogens is 1. The normalized spacial score (nSPS) is 15.3. The Labute approximate surface area is 118 Å². The molecular weight excluding hydrogens is 262 g/mol. The first kappa shape index (κ1) is 13.9. The lowest BCUT2D eigenvalue weighted by atomic mass is 10.1. The van der Waals surface area contributed by atoms with Gasteiger partial charge in [0.15, 0.2) is 0 Å². The Morgan fingerprint density at radius 2 is 1.84 bits per heavy atom. The highest BCUT2D eigenvalue weighted by molar-refractivity contribution is 5.91. The number of para-hydroxylation sites is 1. The second-order valence-electron chi connectivity index (χ2n) is 4.68. The van der Waals surface area contributed by atoms with E-state index in [0.717, 1.165) is 42.8 Å². The molecule has 1 aromatic carbocycles. The minimum absolute atomic E-state index is 0. The summed E-state index contributed by atoms with van der Waals surface area (Å²) in [5, 5.41) is 4.49. The van der Waals surface area contributed by atoms with Gasteiger partial charge in [0, 0.05) is 44.7 Å². The van der Waals surface area contributed by atoms with Gasteiger partial charge in [0.1, 0.15) is 0 Å². The highest BCUT2D eigenvalue weighted by atomic mass is 35.5. The number of anilines is 1. The topological polar surface area (TPSA) is 37.3 Å². The van der Waals surface area contributed by atoms with Gasteiger partial charge in [-0.25, -0.2) is 0 Å². The molecular formula is C14H18ClN3O. The van der Waals surface area contributed by atoms with Gasteiger partial charge in [-0.05, 0) is 6.07 Å². The Kier molecular flexibility index (Phi) is 4.12. The highest BCUT2D eigenvalue weighted by Crippen LogP contribution is 2.24. The Morgan fingerprint density at radius 1 is 1.16 bits per heavy atom. The number of hydrogen-bond donors (Lipinski definition) is 1. The van der Waals surface area contributed by atoms with E-state index in [1.54, 1.807) is 10.6 Å². The van der Waals surface area contributed by atoms with E-state index >= 15 is 0 Å². The zero-order valence-electron chi connectivity index (χ0n) is 10.9. The van der Waals surface area contributed by atoms with Crippen molar-refractivity contribution >= 4 is 29.0 Å². The monoisotopic (exact) mass is 279 g/mol. The van der Waals surface area contributed by atoms with E-state index in [1.807, 2.05) is 25.2 Å². The summed E-state index contributed by atoms with van der Waals surface area (Å²) in [5.74, 6) is 0. The van der Waals surface area contributed by atoms with Crippen LogP contribution in [0.2, 0.25) is 0 Å². The molecule has 0 amide bonds. The van der Waals surface area contributed by atoms with Crippen LogP contribution in [0.5, 0.6) is 0 Å². The van der Waals surface area contributed by atoms with E-state index in [-0.39, 0.29) is 18.0 Å². The Morgan fingerprint density at radius 3 is 2.58 bits per heavy atom. The summed E-state index contributed by atoms with van der Waals surface area (Å²) in [6.07, 6.45) is 0. The minimum Gasteiger partial charge on any atom is -0.368 e. The van der Waals surface area contributed by atoms with E-state index in [9.17, 15) is 4.79 Å². The van der Waals surface area contributed by atoms with E-state index < -0.39 is 0 Å². The maximum Gasteiger partial charge on any atom is 0.252 e. The largest absolute Gasteiger partial charge is 0.368 e. The van der Waals surface area contributed by atoms with Gasteiger partial charge in [0.05, 0.1) is 11.2 Å². The van der Waals surface area contributed by atoms with Gasteiger partial charge in [-0.2, -0.15) is 0 Å². The number of nitrogens with zero attached hydrogens (tertiary/aromatic N) is 2. The van der Waals surface area contributed by atoms with Gasteiger partial charge in [-0.15, -0.1) is 12.4 Å². The van der Waals surface area contributed by atoms with Crippen LogP contribution < -0.4 is 15.8 Å². The standard InChI is InChI=1S/C14H17N3O.ClH/c1-16-12-5-3-2-4-11(12)13(10-14(16)18)17-8-6-15-7-9-17;/h2-5,10,15H,6-9H2,1H3;1H. The first-order valence-corrected chi connectivity index (χ1v) is 6.32. The lowest BCUT2D eigenvalue weighted by Gasteiger charge is -2.30. The Bertz CT molecular complexity index is 632. The number of rotatable bonds is 1. The van der Waals surface area contributed by atoms with Crippen molar-refractivity contribution in [1.29, 1.82) is 0 Å². The summed E-state index contributed by atoms with van der Waals surface area (Å²) in [4.78, 5) is 14.3. The maximum atomic E-state index is 12.0. The molecule has 5 heteroatoms. The van der Waals surface area contributed by atoms with E-state index in [0.29, 0.717) is 0 Å². The molecule has 1 aliphatic heterocycles. The quantitative estimate of drug-likeness (QED) is 0.857. The number of benzene rings is 1. The van der Waals surface area contributed by atoms with Crippen LogP contribution in [0.1, 0.15) is 0 Å². The van der Waals surface area contributed by atoms with Gasteiger partial charge in [-0.3, -0.25) is 4.79 Å². The molecule has 19 heavy (non-hydrogen) atoms. The molecule has 2 aromatic rings. The van der Waals surface area contributed by atoms with Gasteiger partial charge < -0.3 is 14.8 Å². The molecule has 1 N–H and O–H groups in total.